The van der Waals surface area contributed by atoms with Gasteiger partial charge in [0.2, 0.25) is 5.91 Å². The van der Waals surface area contributed by atoms with Crippen LogP contribution in [-0.2, 0) is 11.2 Å². The van der Waals surface area contributed by atoms with Gasteiger partial charge in [-0.05, 0) is 56.6 Å². The number of furan rings is 1. The second kappa shape index (κ2) is 9.43. The molecule has 2 amide bonds. The average molecular weight is 490 g/mol. The Morgan fingerprint density at radius 3 is 2.68 bits per heavy atom. The van der Waals surface area contributed by atoms with Crippen LogP contribution in [0.2, 0.25) is 0 Å². The number of nitrogens with zero attached hydrogens (tertiary/aromatic N) is 2. The standard InChI is InChI=1S/C25H35N3O5S/c1-5-28(6-2)20(31)12-15-21-17(34-23(26-21)27-22(32)16-8-7-11-33-16)13-18-24(15,3)10-9-19(30)25(18,4)14-29/h7-8,11,15,18-19,29-30H,5-6,9-10,12-14H2,1-4H3,(H,26,27,32). The molecule has 2 aliphatic carbocycles. The lowest BCUT2D eigenvalue weighted by Gasteiger charge is -2.58. The van der Waals surface area contributed by atoms with Gasteiger partial charge in [-0.1, -0.05) is 13.8 Å². The average Bonchev–Trinajstić information content (AvgIpc) is 3.49. The zero-order valence-corrected chi connectivity index (χ0v) is 21.2. The van der Waals surface area contributed by atoms with E-state index in [4.69, 9.17) is 9.40 Å². The minimum Gasteiger partial charge on any atom is -0.459 e. The summed E-state index contributed by atoms with van der Waals surface area (Å²) in [4.78, 5) is 33.5. The van der Waals surface area contributed by atoms with Gasteiger partial charge >= 0.3 is 0 Å². The van der Waals surface area contributed by atoms with Gasteiger partial charge in [0.25, 0.3) is 5.91 Å². The van der Waals surface area contributed by atoms with Crippen LogP contribution >= 0.6 is 11.3 Å². The lowest BCUT2D eigenvalue weighted by atomic mass is 9.47. The van der Waals surface area contributed by atoms with Crippen molar-refractivity contribution in [2.24, 2.45) is 16.7 Å². The lowest BCUT2D eigenvalue weighted by Crippen LogP contribution is -2.57. The zero-order valence-electron chi connectivity index (χ0n) is 20.3. The summed E-state index contributed by atoms with van der Waals surface area (Å²) < 4.78 is 5.20. The molecule has 1 saturated carbocycles. The number of fused-ring (bicyclic) bond motifs is 2. The van der Waals surface area contributed by atoms with E-state index in [0.29, 0.717) is 37.5 Å². The van der Waals surface area contributed by atoms with E-state index >= 15 is 0 Å². The van der Waals surface area contributed by atoms with Gasteiger partial charge in [0.05, 0.1) is 24.7 Å². The summed E-state index contributed by atoms with van der Waals surface area (Å²) in [6, 6.07) is 3.25. The van der Waals surface area contributed by atoms with Crippen LogP contribution in [0.25, 0.3) is 0 Å². The van der Waals surface area contributed by atoms with Crippen molar-refractivity contribution in [1.29, 1.82) is 0 Å². The van der Waals surface area contributed by atoms with E-state index in [-0.39, 0.29) is 41.4 Å². The number of carbonyl (C=O) groups excluding carboxylic acids is 2. The minimum atomic E-state index is -0.678. The van der Waals surface area contributed by atoms with Crippen molar-refractivity contribution in [2.75, 3.05) is 25.0 Å². The molecule has 0 spiro atoms. The lowest BCUT2D eigenvalue weighted by molar-refractivity contribution is -0.147. The summed E-state index contributed by atoms with van der Waals surface area (Å²) in [5.41, 5.74) is -0.137. The molecule has 5 unspecified atom stereocenters. The number of aliphatic hydroxyl groups excluding tert-OH is 2. The highest BCUT2D eigenvalue weighted by Crippen LogP contribution is 2.62. The normalized spacial score (nSPS) is 30.4. The smallest absolute Gasteiger partial charge is 0.293 e. The molecule has 0 aliphatic heterocycles. The first kappa shape index (κ1) is 24.9. The predicted octanol–water partition coefficient (Wildman–Crippen LogP) is 3.66. The molecule has 2 aromatic heterocycles. The van der Waals surface area contributed by atoms with E-state index in [1.807, 2.05) is 25.7 Å². The highest BCUT2D eigenvalue weighted by molar-refractivity contribution is 7.15. The quantitative estimate of drug-likeness (QED) is 0.547. The molecule has 9 heteroatoms. The predicted molar refractivity (Wildman–Crippen MR) is 130 cm³/mol. The summed E-state index contributed by atoms with van der Waals surface area (Å²) >= 11 is 1.41. The van der Waals surface area contributed by atoms with Crippen LogP contribution in [0, 0.1) is 16.7 Å². The third-order valence-electron chi connectivity index (χ3n) is 8.35. The number of nitrogens with one attached hydrogen (secondary N) is 1. The van der Waals surface area contributed by atoms with Crippen LogP contribution in [0.4, 0.5) is 5.13 Å². The minimum absolute atomic E-state index is 0.0233. The van der Waals surface area contributed by atoms with Crippen molar-refractivity contribution in [3.05, 3.63) is 34.7 Å². The molecule has 3 N–H and O–H groups in total. The number of aromatic nitrogens is 1. The van der Waals surface area contributed by atoms with Crippen LogP contribution < -0.4 is 5.32 Å². The highest BCUT2D eigenvalue weighted by Gasteiger charge is 2.59. The van der Waals surface area contributed by atoms with E-state index in [1.165, 1.54) is 17.6 Å². The molecule has 1 fully saturated rings. The Bertz CT molecular complexity index is 1030. The first-order chi connectivity index (χ1) is 16.2. The number of rotatable bonds is 7. The van der Waals surface area contributed by atoms with E-state index in [1.54, 1.807) is 12.1 Å². The summed E-state index contributed by atoms with van der Waals surface area (Å²) in [6.07, 6.45) is 3.11. The van der Waals surface area contributed by atoms with E-state index in [0.717, 1.165) is 17.0 Å². The molecule has 4 rings (SSSR count). The molecule has 0 bridgehead atoms. The number of anilines is 1. The molecular weight excluding hydrogens is 454 g/mol. The third-order valence-corrected chi connectivity index (χ3v) is 9.36. The van der Waals surface area contributed by atoms with Crippen LogP contribution in [0.1, 0.15) is 74.0 Å². The summed E-state index contributed by atoms with van der Waals surface area (Å²) in [5.74, 6) is -0.277. The topological polar surface area (TPSA) is 116 Å². The molecule has 5 atom stereocenters. The van der Waals surface area contributed by atoms with Crippen LogP contribution in [0.3, 0.4) is 0 Å². The van der Waals surface area contributed by atoms with Gasteiger partial charge in [-0.2, -0.15) is 0 Å². The number of amides is 2. The summed E-state index contributed by atoms with van der Waals surface area (Å²) in [5, 5.41) is 24.6. The fraction of sp³-hybridized carbons (Fsp3) is 0.640. The van der Waals surface area contributed by atoms with Gasteiger partial charge in [-0.15, -0.1) is 11.3 Å². The van der Waals surface area contributed by atoms with Gasteiger partial charge < -0.3 is 19.5 Å². The molecule has 2 heterocycles. The van der Waals surface area contributed by atoms with Crippen molar-refractivity contribution in [2.45, 2.75) is 65.4 Å². The van der Waals surface area contributed by atoms with Gasteiger partial charge in [-0.25, -0.2) is 4.98 Å². The maximum absolute atomic E-state index is 13.3. The fourth-order valence-corrected chi connectivity index (χ4v) is 7.21. The maximum Gasteiger partial charge on any atom is 0.293 e. The molecule has 2 aliphatic rings. The van der Waals surface area contributed by atoms with Crippen molar-refractivity contribution in [3.8, 4) is 0 Å². The Morgan fingerprint density at radius 2 is 2.06 bits per heavy atom. The molecule has 0 aromatic carbocycles. The molecule has 8 nitrogen and oxygen atoms in total. The van der Waals surface area contributed by atoms with Gasteiger partial charge in [0.1, 0.15) is 0 Å². The Balaban J connectivity index is 1.74. The van der Waals surface area contributed by atoms with Crippen LogP contribution in [0.5, 0.6) is 0 Å². The summed E-state index contributed by atoms with van der Waals surface area (Å²) in [7, 11) is 0. The third kappa shape index (κ3) is 4.07. The zero-order chi connectivity index (χ0) is 24.7. The first-order valence-electron chi connectivity index (χ1n) is 12.1. The molecule has 34 heavy (non-hydrogen) atoms. The number of carbonyl (C=O) groups is 2. The highest BCUT2D eigenvalue weighted by atomic mass is 32.1. The Morgan fingerprint density at radius 1 is 1.32 bits per heavy atom. The maximum atomic E-state index is 13.3. The fourth-order valence-electron chi connectivity index (χ4n) is 6.15. The van der Waals surface area contributed by atoms with Gasteiger partial charge in [0.15, 0.2) is 10.9 Å². The van der Waals surface area contributed by atoms with E-state index in [2.05, 4.69) is 12.2 Å². The molecule has 0 saturated heterocycles. The van der Waals surface area contributed by atoms with Crippen molar-refractivity contribution in [1.82, 2.24) is 9.88 Å². The molecular formula is C25H35N3O5S. The number of hydrogen-bond acceptors (Lipinski definition) is 7. The van der Waals surface area contributed by atoms with Crippen molar-refractivity contribution in [3.63, 3.8) is 0 Å². The van der Waals surface area contributed by atoms with Crippen LogP contribution in [-0.4, -0.2) is 57.7 Å². The SMILES string of the molecule is CCN(CC)C(=O)CC1c2nc(NC(=O)c3ccco3)sc2CC2C(C)(CO)C(O)CCC12C. The van der Waals surface area contributed by atoms with Crippen molar-refractivity contribution < 1.29 is 24.2 Å². The molecule has 0 radical (unpaired) electrons. The first-order valence-corrected chi connectivity index (χ1v) is 12.9. The number of aliphatic hydroxyl groups is 2. The molecule has 2 aromatic rings. The van der Waals surface area contributed by atoms with E-state index < -0.39 is 11.5 Å². The number of thiazole rings is 1. The van der Waals surface area contributed by atoms with E-state index in [9.17, 15) is 19.8 Å². The second-order valence-corrected chi connectivity index (χ2v) is 11.1. The Labute approximate surface area is 204 Å². The number of hydrogen-bond donors (Lipinski definition) is 3. The van der Waals surface area contributed by atoms with Gasteiger partial charge in [0, 0.05) is 35.7 Å². The molecule has 186 valence electrons. The second-order valence-electron chi connectivity index (χ2n) is 10.1. The van der Waals surface area contributed by atoms with Gasteiger partial charge in [-0.3, -0.25) is 14.9 Å². The van der Waals surface area contributed by atoms with Crippen LogP contribution in [0.15, 0.2) is 22.8 Å². The van der Waals surface area contributed by atoms with Crippen molar-refractivity contribution >= 4 is 28.3 Å². The Hall–Kier alpha value is -2.23. The Kier molecular flexibility index (Phi) is 6.90. The summed E-state index contributed by atoms with van der Waals surface area (Å²) in [6.45, 7) is 9.25. The monoisotopic (exact) mass is 489 g/mol. The largest absolute Gasteiger partial charge is 0.459 e.